The van der Waals surface area contributed by atoms with Gasteiger partial charge in [0.05, 0.1) is 33.5 Å². The van der Waals surface area contributed by atoms with Crippen LogP contribution in [0.3, 0.4) is 0 Å². The molecule has 1 aliphatic carbocycles. The molecule has 282 valence electrons. The third-order valence-electron chi connectivity index (χ3n) is 12.4. The Hall–Kier alpha value is -7.96. The van der Waals surface area contributed by atoms with E-state index in [4.69, 9.17) is 15.0 Å². The molecule has 0 fully saturated rings. The lowest BCUT2D eigenvalue weighted by molar-refractivity contribution is 0.941. The minimum atomic E-state index is 0.478. The summed E-state index contributed by atoms with van der Waals surface area (Å²) >= 11 is 0. The molecule has 0 spiro atoms. The summed E-state index contributed by atoms with van der Waals surface area (Å²) < 4.78 is 4.63. The van der Waals surface area contributed by atoms with E-state index in [1.165, 1.54) is 43.9 Å². The van der Waals surface area contributed by atoms with Crippen molar-refractivity contribution >= 4 is 66.2 Å². The molecule has 0 saturated carbocycles. The van der Waals surface area contributed by atoms with Gasteiger partial charge in [-0.05, 0) is 113 Å². The molecule has 5 aromatic heterocycles. The first-order valence-electron chi connectivity index (χ1n) is 20.3. The summed E-state index contributed by atoms with van der Waals surface area (Å²) in [5.74, 6) is 1.76. The first kappa shape index (κ1) is 34.1. The smallest absolute Gasteiger partial charge is 0.137 e. The number of aromatic nitrogens is 5. The molecule has 0 saturated heterocycles. The number of nitrogens with one attached hydrogen (secondary N) is 1. The number of benzene rings is 6. The van der Waals surface area contributed by atoms with Gasteiger partial charge in [0, 0.05) is 62.2 Å². The number of hydrogen-bond acceptors (Lipinski definition) is 4. The van der Waals surface area contributed by atoms with Crippen LogP contribution in [-0.4, -0.2) is 29.8 Å². The summed E-state index contributed by atoms with van der Waals surface area (Å²) in [6.45, 7) is 4.01. The highest BCUT2D eigenvalue weighted by atomic mass is 15.1. The van der Waals surface area contributed by atoms with Gasteiger partial charge in [0.25, 0.3) is 0 Å². The summed E-state index contributed by atoms with van der Waals surface area (Å²) in [5, 5.41) is 16.3. The van der Waals surface area contributed by atoms with Crippen molar-refractivity contribution in [3.63, 3.8) is 0 Å². The van der Waals surface area contributed by atoms with Crippen LogP contribution in [0.4, 0.5) is 0 Å². The number of rotatable bonds is 6. The van der Waals surface area contributed by atoms with Gasteiger partial charge in [0.2, 0.25) is 0 Å². The summed E-state index contributed by atoms with van der Waals surface area (Å²) in [4.78, 5) is 14.7. The van der Waals surface area contributed by atoms with Crippen LogP contribution >= 0.6 is 0 Å². The molecule has 0 amide bonds. The van der Waals surface area contributed by atoms with Crippen molar-refractivity contribution < 1.29 is 0 Å². The van der Waals surface area contributed by atoms with E-state index >= 15 is 0 Å². The molecule has 6 nitrogen and oxygen atoms in total. The topological polar surface area (TPSA) is 72.4 Å². The first-order valence-corrected chi connectivity index (χ1v) is 20.3. The maximum Gasteiger partial charge on any atom is 0.137 e. The molecular weight excluding hydrogens is 733 g/mol. The molecule has 6 heteroatoms. The van der Waals surface area contributed by atoms with Gasteiger partial charge in [-0.25, -0.2) is 9.97 Å². The van der Waals surface area contributed by atoms with Crippen LogP contribution in [0.1, 0.15) is 27.8 Å². The highest BCUT2D eigenvalue weighted by Crippen LogP contribution is 2.45. The van der Waals surface area contributed by atoms with Gasteiger partial charge in [-0.15, -0.1) is 0 Å². The van der Waals surface area contributed by atoms with Gasteiger partial charge in [-0.1, -0.05) is 97.6 Å². The molecule has 0 atom stereocenters. The largest absolute Gasteiger partial charge is 0.300 e. The summed E-state index contributed by atoms with van der Waals surface area (Å²) in [6, 6.07) is 53.3. The van der Waals surface area contributed by atoms with Crippen molar-refractivity contribution in [2.45, 2.75) is 12.8 Å². The van der Waals surface area contributed by atoms with E-state index in [0.717, 1.165) is 85.1 Å². The van der Waals surface area contributed by atoms with E-state index in [9.17, 15) is 5.41 Å². The Kier molecular flexibility index (Phi) is 7.56. The number of hydrogen-bond donors (Lipinski definition) is 1. The first-order chi connectivity index (χ1) is 29.6. The molecule has 0 radical (unpaired) electrons. The average molecular weight is 769 g/mol. The van der Waals surface area contributed by atoms with E-state index in [-0.39, 0.29) is 0 Å². The molecule has 1 aliphatic rings. The van der Waals surface area contributed by atoms with Crippen molar-refractivity contribution in [2.24, 2.45) is 0 Å². The van der Waals surface area contributed by atoms with Gasteiger partial charge in [0.1, 0.15) is 11.6 Å². The molecule has 6 aromatic carbocycles. The molecule has 12 rings (SSSR count). The van der Waals surface area contributed by atoms with Crippen molar-refractivity contribution in [1.82, 2.24) is 24.1 Å². The maximum atomic E-state index is 9.30. The number of nitrogens with zero attached hydrogens (tertiary/aromatic N) is 5. The van der Waals surface area contributed by atoms with Gasteiger partial charge in [-0.3, -0.25) is 19.5 Å². The Labute approximate surface area is 345 Å². The van der Waals surface area contributed by atoms with Gasteiger partial charge in [-0.2, -0.15) is 0 Å². The van der Waals surface area contributed by atoms with Crippen LogP contribution in [0.2, 0.25) is 0 Å². The third-order valence-corrected chi connectivity index (χ3v) is 12.4. The van der Waals surface area contributed by atoms with E-state index in [0.29, 0.717) is 5.71 Å². The zero-order valence-electron chi connectivity index (χ0n) is 32.6. The molecule has 5 heterocycles. The second-order valence-electron chi connectivity index (χ2n) is 15.6. The highest BCUT2D eigenvalue weighted by Gasteiger charge is 2.26. The molecular formula is C54H36N6. The number of pyridine rings is 3. The Morgan fingerprint density at radius 3 is 2.12 bits per heavy atom. The average Bonchev–Trinajstić information content (AvgIpc) is 3.82. The molecule has 11 aromatic rings. The lowest BCUT2D eigenvalue weighted by atomic mass is 9.83. The van der Waals surface area contributed by atoms with Crippen LogP contribution in [-0.2, 0) is 12.8 Å². The fourth-order valence-corrected chi connectivity index (χ4v) is 9.68. The number of fused-ring (bicyclic) bond motifs is 11. The summed E-state index contributed by atoms with van der Waals surface area (Å²) in [6.07, 6.45) is 9.25. The predicted molar refractivity (Wildman–Crippen MR) is 247 cm³/mol. The second kappa shape index (κ2) is 13.3. The van der Waals surface area contributed by atoms with E-state index in [2.05, 4.69) is 131 Å². The molecule has 60 heavy (non-hydrogen) atoms. The van der Waals surface area contributed by atoms with Crippen molar-refractivity contribution in [2.75, 3.05) is 0 Å². The minimum Gasteiger partial charge on any atom is -0.300 e. The highest BCUT2D eigenvalue weighted by molar-refractivity contribution is 6.18. The monoisotopic (exact) mass is 768 g/mol. The fraction of sp³-hybridized carbons (Fsp3) is 0.0370. The molecule has 1 N–H and O–H groups in total. The van der Waals surface area contributed by atoms with Gasteiger partial charge < -0.3 is 0 Å². The van der Waals surface area contributed by atoms with Gasteiger partial charge in [0.15, 0.2) is 0 Å². The van der Waals surface area contributed by atoms with Gasteiger partial charge >= 0.3 is 0 Å². The van der Waals surface area contributed by atoms with E-state index < -0.39 is 0 Å². The summed E-state index contributed by atoms with van der Waals surface area (Å²) in [5.41, 5.74) is 14.8. The maximum absolute atomic E-state index is 9.30. The second-order valence-corrected chi connectivity index (χ2v) is 15.6. The Morgan fingerprint density at radius 2 is 1.28 bits per heavy atom. The standard InChI is InChI=1S/C54H36N6/c1-2-33-11-3-5-13-38(33)52(55)36-18-23-48-44(30-36)42-22-21-40-41(54(42)60(48)51-16-8-10-27-57-51)20-17-35-29-46-45-31-37(53-39-14-6-4-12-34(39)25-28-58-53)19-24-47(45)59(49(46)32-43(35)40)50-15-7-9-26-56-50/h2-16,18-19,21-32,55H,1,17,20H2. The van der Waals surface area contributed by atoms with Crippen molar-refractivity contribution in [1.29, 1.82) is 5.41 Å². The van der Waals surface area contributed by atoms with Crippen LogP contribution in [0.5, 0.6) is 0 Å². The molecule has 0 aliphatic heterocycles. The van der Waals surface area contributed by atoms with Crippen LogP contribution in [0, 0.1) is 5.41 Å². The minimum absolute atomic E-state index is 0.478. The van der Waals surface area contributed by atoms with E-state index in [1.54, 1.807) is 0 Å². The quantitative estimate of drug-likeness (QED) is 0.171. The normalized spacial score (nSPS) is 12.3. The zero-order valence-corrected chi connectivity index (χ0v) is 32.6. The number of aryl methyl sites for hydroxylation is 2. The Bertz CT molecular complexity index is 3570. The van der Waals surface area contributed by atoms with Crippen LogP contribution in [0.15, 0.2) is 177 Å². The SMILES string of the molecule is C=Cc1ccccc1C(=N)c1ccc2c(c1)c1ccc3c(c1n2-c1ccccn1)CCc1cc2c4cc(-c5nccc6ccccc56)ccc4n(-c4ccccn4)c2cc1-3. The van der Waals surface area contributed by atoms with Crippen LogP contribution in [0.25, 0.3) is 94.5 Å². The van der Waals surface area contributed by atoms with Crippen molar-refractivity contribution in [3.8, 4) is 34.0 Å². The Morgan fingerprint density at radius 1 is 0.550 bits per heavy atom. The van der Waals surface area contributed by atoms with Crippen molar-refractivity contribution in [3.05, 3.63) is 205 Å². The molecule has 0 unspecified atom stereocenters. The molecule has 0 bridgehead atoms. The van der Waals surface area contributed by atoms with Crippen LogP contribution < -0.4 is 0 Å². The fourth-order valence-electron chi connectivity index (χ4n) is 9.68. The summed E-state index contributed by atoms with van der Waals surface area (Å²) in [7, 11) is 0. The predicted octanol–water partition coefficient (Wildman–Crippen LogP) is 12.7. The third kappa shape index (κ3) is 5.07. The zero-order chi connectivity index (χ0) is 39.9. The van der Waals surface area contributed by atoms with E-state index in [1.807, 2.05) is 61.1 Å². The Balaban J connectivity index is 1.09. The lowest BCUT2D eigenvalue weighted by Gasteiger charge is -2.22. The lowest BCUT2D eigenvalue weighted by Crippen LogP contribution is -2.07.